The van der Waals surface area contributed by atoms with Gasteiger partial charge in [-0.2, -0.15) is 0 Å². The van der Waals surface area contributed by atoms with Crippen LogP contribution in [-0.2, 0) is 0 Å². The monoisotopic (exact) mass is 365 g/mol. The first-order chi connectivity index (χ1) is 12.5. The summed E-state index contributed by atoms with van der Waals surface area (Å²) in [4.78, 5) is 30.2. The lowest BCUT2D eigenvalue weighted by Gasteiger charge is -2.18. The van der Waals surface area contributed by atoms with Gasteiger partial charge in [0.15, 0.2) is 0 Å². The number of hydrogen-bond donors (Lipinski definition) is 1. The van der Waals surface area contributed by atoms with Crippen LogP contribution in [0.3, 0.4) is 0 Å². The molecule has 1 aromatic heterocycles. The predicted molar refractivity (Wildman–Crippen MR) is 103 cm³/mol. The number of halogens is 1. The standard InChI is InChI=1S/C20H16ClN3O2/c1-24(20(26)14-5-7-15(21)8-6-14)17-11-9-16(10-12-17)23-19(25)18-4-2-3-13-22-18/h2-13H,1H3,(H,23,25). The van der Waals surface area contributed by atoms with Crippen LogP contribution in [0.2, 0.25) is 5.02 Å². The molecule has 0 fully saturated rings. The average Bonchev–Trinajstić information content (AvgIpc) is 2.69. The van der Waals surface area contributed by atoms with Crippen molar-refractivity contribution in [1.82, 2.24) is 4.98 Å². The first-order valence-electron chi connectivity index (χ1n) is 7.90. The number of pyridine rings is 1. The maximum absolute atomic E-state index is 12.5. The molecule has 0 saturated carbocycles. The molecule has 0 atom stereocenters. The Morgan fingerprint density at radius 2 is 1.65 bits per heavy atom. The molecule has 1 heterocycles. The van der Waals surface area contributed by atoms with E-state index in [0.717, 1.165) is 0 Å². The SMILES string of the molecule is CN(C(=O)c1ccc(Cl)cc1)c1ccc(NC(=O)c2ccccn2)cc1. The van der Waals surface area contributed by atoms with Gasteiger partial charge in [0.2, 0.25) is 0 Å². The van der Waals surface area contributed by atoms with Crippen LogP contribution in [0.25, 0.3) is 0 Å². The lowest BCUT2D eigenvalue weighted by atomic mass is 10.2. The summed E-state index contributed by atoms with van der Waals surface area (Å²) < 4.78 is 0. The van der Waals surface area contributed by atoms with E-state index in [1.54, 1.807) is 80.0 Å². The van der Waals surface area contributed by atoms with Crippen LogP contribution in [0, 0.1) is 0 Å². The largest absolute Gasteiger partial charge is 0.321 e. The van der Waals surface area contributed by atoms with E-state index in [0.29, 0.717) is 27.7 Å². The summed E-state index contributed by atoms with van der Waals surface area (Å²) >= 11 is 5.85. The highest BCUT2D eigenvalue weighted by atomic mass is 35.5. The zero-order valence-electron chi connectivity index (χ0n) is 14.0. The highest BCUT2D eigenvalue weighted by Gasteiger charge is 2.14. The van der Waals surface area contributed by atoms with E-state index in [9.17, 15) is 9.59 Å². The van der Waals surface area contributed by atoms with Crippen LogP contribution < -0.4 is 10.2 Å². The van der Waals surface area contributed by atoms with Gasteiger partial charge in [-0.05, 0) is 60.7 Å². The van der Waals surface area contributed by atoms with E-state index < -0.39 is 0 Å². The first-order valence-corrected chi connectivity index (χ1v) is 8.28. The fourth-order valence-corrected chi connectivity index (χ4v) is 2.49. The third-order valence-corrected chi connectivity index (χ3v) is 4.06. The highest BCUT2D eigenvalue weighted by molar-refractivity contribution is 6.30. The molecule has 0 spiro atoms. The lowest BCUT2D eigenvalue weighted by Crippen LogP contribution is -2.26. The number of nitrogens with zero attached hydrogens (tertiary/aromatic N) is 2. The van der Waals surface area contributed by atoms with E-state index >= 15 is 0 Å². The van der Waals surface area contributed by atoms with Crippen LogP contribution in [0.15, 0.2) is 72.9 Å². The van der Waals surface area contributed by atoms with Crippen molar-refractivity contribution >= 4 is 34.8 Å². The number of hydrogen-bond acceptors (Lipinski definition) is 3. The summed E-state index contributed by atoms with van der Waals surface area (Å²) in [6.45, 7) is 0. The molecule has 6 heteroatoms. The number of benzene rings is 2. The number of aromatic nitrogens is 1. The number of nitrogens with one attached hydrogen (secondary N) is 1. The van der Waals surface area contributed by atoms with Gasteiger partial charge < -0.3 is 10.2 Å². The Kier molecular flexibility index (Phi) is 5.29. The smallest absolute Gasteiger partial charge is 0.274 e. The van der Waals surface area contributed by atoms with Crippen molar-refractivity contribution in [3.63, 3.8) is 0 Å². The van der Waals surface area contributed by atoms with Gasteiger partial charge in [-0.1, -0.05) is 17.7 Å². The topological polar surface area (TPSA) is 62.3 Å². The van der Waals surface area contributed by atoms with Gasteiger partial charge in [0.25, 0.3) is 11.8 Å². The number of amides is 2. The molecule has 26 heavy (non-hydrogen) atoms. The molecule has 3 rings (SSSR count). The fourth-order valence-electron chi connectivity index (χ4n) is 2.36. The normalized spacial score (nSPS) is 10.2. The van der Waals surface area contributed by atoms with Crippen LogP contribution >= 0.6 is 11.6 Å². The molecule has 2 amide bonds. The molecule has 2 aromatic carbocycles. The van der Waals surface area contributed by atoms with Gasteiger partial charge in [-0.25, -0.2) is 0 Å². The number of anilines is 2. The van der Waals surface area contributed by atoms with E-state index in [-0.39, 0.29) is 11.8 Å². The fraction of sp³-hybridized carbons (Fsp3) is 0.0500. The van der Waals surface area contributed by atoms with Crippen molar-refractivity contribution in [2.24, 2.45) is 0 Å². The summed E-state index contributed by atoms with van der Waals surface area (Å²) in [5.41, 5.74) is 2.22. The third kappa shape index (κ3) is 4.07. The molecule has 130 valence electrons. The molecule has 0 aliphatic rings. The van der Waals surface area contributed by atoms with Crippen molar-refractivity contribution < 1.29 is 9.59 Å². The third-order valence-electron chi connectivity index (χ3n) is 3.81. The molecule has 0 unspecified atom stereocenters. The predicted octanol–water partition coefficient (Wildman–Crippen LogP) is 4.26. The molecule has 0 radical (unpaired) electrons. The second kappa shape index (κ2) is 7.80. The van der Waals surface area contributed by atoms with E-state index in [4.69, 9.17) is 11.6 Å². The molecule has 5 nitrogen and oxygen atoms in total. The maximum atomic E-state index is 12.5. The van der Waals surface area contributed by atoms with Crippen molar-refractivity contribution in [2.45, 2.75) is 0 Å². The number of rotatable bonds is 4. The second-order valence-electron chi connectivity index (χ2n) is 5.59. The van der Waals surface area contributed by atoms with Crippen molar-refractivity contribution in [3.05, 3.63) is 89.2 Å². The summed E-state index contributed by atoms with van der Waals surface area (Å²) in [5, 5.41) is 3.35. The number of carbonyl (C=O) groups excluding carboxylic acids is 2. The van der Waals surface area contributed by atoms with Crippen LogP contribution in [0.1, 0.15) is 20.8 Å². The molecular formula is C20H16ClN3O2. The van der Waals surface area contributed by atoms with Gasteiger partial charge >= 0.3 is 0 Å². The Labute approximate surface area is 156 Å². The Bertz CT molecular complexity index is 910. The van der Waals surface area contributed by atoms with Crippen molar-refractivity contribution in [2.75, 3.05) is 17.3 Å². The minimum absolute atomic E-state index is 0.146. The minimum Gasteiger partial charge on any atom is -0.321 e. The Hall–Kier alpha value is -3.18. The minimum atomic E-state index is -0.288. The quantitative estimate of drug-likeness (QED) is 0.751. The average molecular weight is 366 g/mol. The van der Waals surface area contributed by atoms with Gasteiger partial charge in [-0.3, -0.25) is 14.6 Å². The van der Waals surface area contributed by atoms with Crippen molar-refractivity contribution in [3.8, 4) is 0 Å². The van der Waals surface area contributed by atoms with Crippen LogP contribution in [0.4, 0.5) is 11.4 Å². The molecular weight excluding hydrogens is 350 g/mol. The van der Waals surface area contributed by atoms with E-state index in [2.05, 4.69) is 10.3 Å². The maximum Gasteiger partial charge on any atom is 0.274 e. The molecule has 0 aliphatic heterocycles. The molecule has 0 bridgehead atoms. The summed E-state index contributed by atoms with van der Waals surface area (Å²) in [6, 6.07) is 18.9. The van der Waals surface area contributed by atoms with Crippen LogP contribution in [-0.4, -0.2) is 23.8 Å². The Balaban J connectivity index is 1.69. The molecule has 1 N–H and O–H groups in total. The molecule has 3 aromatic rings. The molecule has 0 saturated heterocycles. The van der Waals surface area contributed by atoms with E-state index in [1.165, 1.54) is 4.90 Å². The van der Waals surface area contributed by atoms with E-state index in [1.807, 2.05) is 0 Å². The highest BCUT2D eigenvalue weighted by Crippen LogP contribution is 2.20. The first kappa shape index (κ1) is 17.6. The zero-order valence-corrected chi connectivity index (χ0v) is 14.8. The second-order valence-corrected chi connectivity index (χ2v) is 6.02. The molecule has 0 aliphatic carbocycles. The van der Waals surface area contributed by atoms with Gasteiger partial charge in [0, 0.05) is 35.2 Å². The zero-order chi connectivity index (χ0) is 18.5. The van der Waals surface area contributed by atoms with Gasteiger partial charge in [-0.15, -0.1) is 0 Å². The number of carbonyl (C=O) groups is 2. The van der Waals surface area contributed by atoms with Crippen molar-refractivity contribution in [1.29, 1.82) is 0 Å². The summed E-state index contributed by atoms with van der Waals surface area (Å²) in [5.74, 6) is -0.434. The lowest BCUT2D eigenvalue weighted by molar-refractivity contribution is 0.0990. The Morgan fingerprint density at radius 3 is 2.27 bits per heavy atom. The van der Waals surface area contributed by atoms with Gasteiger partial charge in [0.05, 0.1) is 0 Å². The summed E-state index contributed by atoms with van der Waals surface area (Å²) in [7, 11) is 1.69. The summed E-state index contributed by atoms with van der Waals surface area (Å²) in [6.07, 6.45) is 1.56. The van der Waals surface area contributed by atoms with Gasteiger partial charge in [0.1, 0.15) is 5.69 Å². The Morgan fingerprint density at radius 1 is 0.962 bits per heavy atom. The van der Waals surface area contributed by atoms with Crippen LogP contribution in [0.5, 0.6) is 0 Å².